The van der Waals surface area contributed by atoms with Gasteiger partial charge < -0.3 is 4.40 Å². The number of fused-ring (bicyclic) bond motifs is 2. The number of hydrogen-bond acceptors (Lipinski definition) is 5. The van der Waals surface area contributed by atoms with Crippen LogP contribution in [0.1, 0.15) is 5.69 Å². The van der Waals surface area contributed by atoms with Gasteiger partial charge in [-0.25, -0.2) is 15.0 Å². The summed E-state index contributed by atoms with van der Waals surface area (Å²) in [4.78, 5) is 13.2. The van der Waals surface area contributed by atoms with Crippen molar-refractivity contribution in [1.29, 1.82) is 0 Å². The lowest BCUT2D eigenvalue weighted by atomic mass is 10.4. The quantitative estimate of drug-likeness (QED) is 0.429. The second kappa shape index (κ2) is 4.85. The van der Waals surface area contributed by atoms with Crippen molar-refractivity contribution in [3.05, 3.63) is 48.8 Å². The molecule has 0 bridgehead atoms. The number of imidazole rings is 1. The van der Waals surface area contributed by atoms with Crippen molar-refractivity contribution in [3.63, 3.8) is 0 Å². The molecule has 4 aromatic heterocycles. The largest absolute Gasteiger partial charge is 0.307 e. The van der Waals surface area contributed by atoms with Crippen LogP contribution in [0.4, 0.5) is 0 Å². The van der Waals surface area contributed by atoms with Crippen LogP contribution in [0.5, 0.6) is 0 Å². The van der Waals surface area contributed by atoms with E-state index in [9.17, 15) is 0 Å². The van der Waals surface area contributed by atoms with E-state index in [0.29, 0.717) is 0 Å². The summed E-state index contributed by atoms with van der Waals surface area (Å²) in [7, 11) is 1.88. The lowest BCUT2D eigenvalue weighted by Crippen LogP contribution is -1.93. The Bertz CT molecular complexity index is 892. The van der Waals surface area contributed by atoms with Crippen molar-refractivity contribution in [3.8, 4) is 0 Å². The van der Waals surface area contributed by atoms with Crippen molar-refractivity contribution in [1.82, 2.24) is 29.1 Å². The van der Waals surface area contributed by atoms with Crippen LogP contribution in [0.25, 0.3) is 16.7 Å². The zero-order chi connectivity index (χ0) is 14.2. The average Bonchev–Trinajstić information content (AvgIpc) is 3.09. The van der Waals surface area contributed by atoms with Gasteiger partial charge in [-0.2, -0.15) is 5.10 Å². The van der Waals surface area contributed by atoms with E-state index >= 15 is 0 Å². The van der Waals surface area contributed by atoms with Crippen LogP contribution in [0.15, 0.2) is 48.1 Å². The van der Waals surface area contributed by atoms with E-state index in [1.807, 2.05) is 42.0 Å². The van der Waals surface area contributed by atoms with Gasteiger partial charge in [0.1, 0.15) is 17.0 Å². The zero-order valence-electron chi connectivity index (χ0n) is 11.3. The van der Waals surface area contributed by atoms with E-state index in [1.54, 1.807) is 29.0 Å². The Morgan fingerprint density at radius 2 is 2.19 bits per heavy atom. The molecule has 4 rings (SSSR count). The van der Waals surface area contributed by atoms with Crippen molar-refractivity contribution in [2.45, 2.75) is 10.8 Å². The van der Waals surface area contributed by atoms with Crippen molar-refractivity contribution in [2.24, 2.45) is 7.05 Å². The minimum absolute atomic E-state index is 0.767. The first-order valence-corrected chi connectivity index (χ1v) is 7.48. The molecule has 0 aliphatic carbocycles. The molecule has 4 aromatic rings. The Morgan fingerprint density at radius 3 is 3.10 bits per heavy atom. The van der Waals surface area contributed by atoms with Gasteiger partial charge >= 0.3 is 0 Å². The van der Waals surface area contributed by atoms with E-state index in [2.05, 4.69) is 20.1 Å². The molecule has 0 fully saturated rings. The summed E-state index contributed by atoms with van der Waals surface area (Å²) in [6.45, 7) is 0. The highest BCUT2D eigenvalue weighted by Gasteiger charge is 2.09. The van der Waals surface area contributed by atoms with Crippen LogP contribution in [0.3, 0.4) is 0 Å². The fraction of sp³-hybridized carbons (Fsp3) is 0.143. The summed E-state index contributed by atoms with van der Waals surface area (Å²) in [5.41, 5.74) is 2.84. The molecule has 21 heavy (non-hydrogen) atoms. The van der Waals surface area contributed by atoms with Crippen LogP contribution in [0.2, 0.25) is 0 Å². The molecule has 0 aliphatic rings. The predicted octanol–water partition coefficient (Wildman–Crippen LogP) is 2.30. The Labute approximate surface area is 124 Å². The fourth-order valence-electron chi connectivity index (χ4n) is 2.25. The molecule has 0 aromatic carbocycles. The van der Waals surface area contributed by atoms with E-state index < -0.39 is 0 Å². The summed E-state index contributed by atoms with van der Waals surface area (Å²) in [5, 5.41) is 6.14. The molecule has 0 unspecified atom stereocenters. The Morgan fingerprint density at radius 1 is 1.24 bits per heavy atom. The molecule has 0 spiro atoms. The van der Waals surface area contributed by atoms with Crippen LogP contribution in [-0.2, 0) is 12.8 Å². The van der Waals surface area contributed by atoms with Gasteiger partial charge in [0, 0.05) is 25.2 Å². The van der Waals surface area contributed by atoms with E-state index in [1.165, 1.54) is 0 Å². The normalized spacial score (nSPS) is 11.5. The second-order valence-corrected chi connectivity index (χ2v) is 5.64. The third-order valence-electron chi connectivity index (χ3n) is 3.26. The zero-order valence-corrected chi connectivity index (χ0v) is 12.2. The Kier molecular flexibility index (Phi) is 2.85. The van der Waals surface area contributed by atoms with Gasteiger partial charge in [0.05, 0.1) is 17.3 Å². The average molecular weight is 296 g/mol. The lowest BCUT2D eigenvalue weighted by Gasteiger charge is -1.99. The van der Waals surface area contributed by atoms with E-state index in [0.717, 1.165) is 33.2 Å². The topological polar surface area (TPSA) is 60.9 Å². The number of aryl methyl sites for hydroxylation is 1. The van der Waals surface area contributed by atoms with Crippen LogP contribution >= 0.6 is 11.8 Å². The van der Waals surface area contributed by atoms with Gasteiger partial charge in [-0.3, -0.25) is 4.68 Å². The van der Waals surface area contributed by atoms with Crippen LogP contribution in [0, 0.1) is 0 Å². The first kappa shape index (κ1) is 12.3. The molecule has 0 N–H and O–H groups in total. The molecule has 6 nitrogen and oxygen atoms in total. The smallest absolute Gasteiger partial charge is 0.162 e. The predicted molar refractivity (Wildman–Crippen MR) is 81.1 cm³/mol. The van der Waals surface area contributed by atoms with Crippen LogP contribution < -0.4 is 0 Å². The third kappa shape index (κ3) is 2.15. The number of hydrogen-bond donors (Lipinski definition) is 0. The molecule has 0 atom stereocenters. The minimum atomic E-state index is 0.767. The van der Waals surface area contributed by atoms with Gasteiger partial charge in [-0.05, 0) is 12.1 Å². The molecule has 0 aliphatic heterocycles. The molecular weight excluding hydrogens is 284 g/mol. The van der Waals surface area contributed by atoms with Crippen molar-refractivity contribution < 1.29 is 0 Å². The summed E-state index contributed by atoms with van der Waals surface area (Å²) < 4.78 is 3.78. The first-order chi connectivity index (χ1) is 10.3. The maximum atomic E-state index is 4.59. The van der Waals surface area contributed by atoms with Gasteiger partial charge in [0.2, 0.25) is 0 Å². The monoisotopic (exact) mass is 296 g/mol. The third-order valence-corrected chi connectivity index (χ3v) is 4.30. The summed E-state index contributed by atoms with van der Waals surface area (Å²) in [6, 6.07) is 5.98. The molecule has 0 radical (unpaired) electrons. The first-order valence-electron chi connectivity index (χ1n) is 6.49. The summed E-state index contributed by atoms with van der Waals surface area (Å²) in [6.07, 6.45) is 7.43. The van der Waals surface area contributed by atoms with Gasteiger partial charge in [0.15, 0.2) is 5.65 Å². The maximum Gasteiger partial charge on any atom is 0.162 e. The molecular formula is C14H12N6S. The molecule has 0 amide bonds. The molecule has 0 saturated carbocycles. The summed E-state index contributed by atoms with van der Waals surface area (Å²) in [5.74, 6) is 0.767. The maximum absolute atomic E-state index is 4.59. The van der Waals surface area contributed by atoms with Crippen molar-refractivity contribution >= 4 is 28.4 Å². The number of nitrogens with zero attached hydrogens (tertiary/aromatic N) is 6. The van der Waals surface area contributed by atoms with Gasteiger partial charge in [0.25, 0.3) is 0 Å². The van der Waals surface area contributed by atoms with E-state index in [4.69, 9.17) is 0 Å². The molecule has 104 valence electrons. The molecule has 0 saturated heterocycles. The minimum Gasteiger partial charge on any atom is -0.307 e. The number of thioether (sulfide) groups is 1. The molecule has 4 heterocycles. The number of rotatable bonds is 3. The summed E-state index contributed by atoms with van der Waals surface area (Å²) >= 11 is 1.65. The Balaban J connectivity index is 1.63. The Hall–Kier alpha value is -2.41. The molecule has 7 heteroatoms. The highest BCUT2D eigenvalue weighted by molar-refractivity contribution is 7.98. The fourth-order valence-corrected chi connectivity index (χ4v) is 3.10. The van der Waals surface area contributed by atoms with E-state index in [-0.39, 0.29) is 0 Å². The van der Waals surface area contributed by atoms with Crippen molar-refractivity contribution in [2.75, 3.05) is 0 Å². The SMILES string of the molecule is Cn1ncc2c(SCc3cn4ccccc4n3)ncnc21. The standard InChI is InChI=1S/C14H12N6S/c1-19-13-11(6-17-19)14(16-9-15-13)21-8-10-7-20-5-3-2-4-12(20)18-10/h2-7,9H,8H2,1H3. The number of aromatic nitrogens is 6. The van der Waals surface area contributed by atoms with Crippen LogP contribution in [-0.4, -0.2) is 29.1 Å². The highest BCUT2D eigenvalue weighted by atomic mass is 32.2. The van der Waals surface area contributed by atoms with Gasteiger partial charge in [-0.15, -0.1) is 0 Å². The lowest BCUT2D eigenvalue weighted by molar-refractivity contribution is 0.784. The van der Waals surface area contributed by atoms with Gasteiger partial charge in [-0.1, -0.05) is 17.8 Å². The second-order valence-electron chi connectivity index (χ2n) is 4.67. The highest BCUT2D eigenvalue weighted by Crippen LogP contribution is 2.26. The number of pyridine rings is 1.